The van der Waals surface area contributed by atoms with E-state index in [0.717, 1.165) is 16.7 Å². The Labute approximate surface area is 185 Å². The number of nitrogens with one attached hydrogen (secondary N) is 1. The van der Waals surface area contributed by atoms with E-state index in [4.69, 9.17) is 9.15 Å². The standard InChI is InChI=1S/C25H22FN3O3/c1-17-5-9-19(10-6-17)25-29-28-24(32-25)14-13-23(30)27-21-3-2-4-22(15-21)31-16-18-7-11-20(26)12-8-18/h2-12,15H,13-14,16H2,1H3,(H,27,30). The van der Waals surface area contributed by atoms with Gasteiger partial charge in [0, 0.05) is 30.2 Å². The number of carbonyl (C=O) groups excluding carboxylic acids is 1. The van der Waals surface area contributed by atoms with Crippen LogP contribution in [-0.2, 0) is 17.8 Å². The summed E-state index contributed by atoms with van der Waals surface area (Å²) in [6.45, 7) is 2.31. The van der Waals surface area contributed by atoms with Crippen LogP contribution in [0.1, 0.15) is 23.4 Å². The van der Waals surface area contributed by atoms with Crippen molar-refractivity contribution in [3.63, 3.8) is 0 Å². The van der Waals surface area contributed by atoms with Gasteiger partial charge in [-0.1, -0.05) is 35.9 Å². The molecule has 6 nitrogen and oxygen atoms in total. The average Bonchev–Trinajstić information content (AvgIpc) is 3.27. The van der Waals surface area contributed by atoms with Crippen LogP contribution in [0.15, 0.2) is 77.2 Å². The molecule has 3 aromatic carbocycles. The number of hydrogen-bond donors (Lipinski definition) is 1. The molecule has 0 fully saturated rings. The molecule has 0 bridgehead atoms. The van der Waals surface area contributed by atoms with E-state index in [1.54, 1.807) is 36.4 Å². The average molecular weight is 431 g/mol. The van der Waals surface area contributed by atoms with Gasteiger partial charge in [-0.05, 0) is 48.9 Å². The third kappa shape index (κ3) is 5.78. The lowest BCUT2D eigenvalue weighted by Crippen LogP contribution is -2.12. The number of anilines is 1. The molecule has 1 aromatic heterocycles. The van der Waals surface area contributed by atoms with Crippen LogP contribution < -0.4 is 10.1 Å². The Morgan fingerprint density at radius 1 is 1.03 bits per heavy atom. The number of hydrogen-bond acceptors (Lipinski definition) is 5. The summed E-state index contributed by atoms with van der Waals surface area (Å²) >= 11 is 0. The summed E-state index contributed by atoms with van der Waals surface area (Å²) in [5.41, 5.74) is 3.47. The van der Waals surface area contributed by atoms with Crippen LogP contribution in [0.2, 0.25) is 0 Å². The molecule has 0 saturated carbocycles. The van der Waals surface area contributed by atoms with Crippen molar-refractivity contribution in [2.24, 2.45) is 0 Å². The predicted molar refractivity (Wildman–Crippen MR) is 119 cm³/mol. The zero-order chi connectivity index (χ0) is 22.3. The van der Waals surface area contributed by atoms with E-state index >= 15 is 0 Å². The van der Waals surface area contributed by atoms with Crippen molar-refractivity contribution in [3.05, 3.63) is 95.6 Å². The second-order valence-corrected chi connectivity index (χ2v) is 7.36. The van der Waals surface area contributed by atoms with Crippen LogP contribution in [0.3, 0.4) is 0 Å². The van der Waals surface area contributed by atoms with Gasteiger partial charge in [0.15, 0.2) is 0 Å². The van der Waals surface area contributed by atoms with Gasteiger partial charge < -0.3 is 14.5 Å². The molecule has 162 valence electrons. The van der Waals surface area contributed by atoms with Gasteiger partial charge in [-0.15, -0.1) is 10.2 Å². The van der Waals surface area contributed by atoms with Crippen molar-refractivity contribution >= 4 is 11.6 Å². The molecule has 7 heteroatoms. The van der Waals surface area contributed by atoms with Crippen LogP contribution in [0.5, 0.6) is 5.75 Å². The van der Waals surface area contributed by atoms with Crippen molar-refractivity contribution in [2.45, 2.75) is 26.4 Å². The Kier molecular flexibility index (Phi) is 6.55. The normalized spacial score (nSPS) is 10.7. The fourth-order valence-corrected chi connectivity index (χ4v) is 3.02. The van der Waals surface area contributed by atoms with E-state index in [-0.39, 0.29) is 18.1 Å². The quantitative estimate of drug-likeness (QED) is 0.408. The fourth-order valence-electron chi connectivity index (χ4n) is 3.02. The first-order valence-corrected chi connectivity index (χ1v) is 10.2. The molecule has 0 aliphatic heterocycles. The third-order valence-corrected chi connectivity index (χ3v) is 4.77. The van der Waals surface area contributed by atoms with Gasteiger partial charge in [-0.2, -0.15) is 0 Å². The largest absolute Gasteiger partial charge is 0.489 e. The van der Waals surface area contributed by atoms with E-state index in [0.29, 0.717) is 36.2 Å². The van der Waals surface area contributed by atoms with Gasteiger partial charge in [-0.25, -0.2) is 4.39 Å². The van der Waals surface area contributed by atoms with E-state index < -0.39 is 0 Å². The van der Waals surface area contributed by atoms with E-state index in [9.17, 15) is 9.18 Å². The van der Waals surface area contributed by atoms with Crippen LogP contribution in [-0.4, -0.2) is 16.1 Å². The van der Waals surface area contributed by atoms with Crippen LogP contribution in [0, 0.1) is 12.7 Å². The Balaban J connectivity index is 1.28. The number of carbonyl (C=O) groups is 1. The SMILES string of the molecule is Cc1ccc(-c2nnc(CCC(=O)Nc3cccc(OCc4ccc(F)cc4)c3)o2)cc1. The molecule has 0 radical (unpaired) electrons. The molecule has 4 rings (SSSR count). The van der Waals surface area contributed by atoms with Crippen molar-refractivity contribution in [1.82, 2.24) is 10.2 Å². The Morgan fingerprint density at radius 2 is 1.81 bits per heavy atom. The lowest BCUT2D eigenvalue weighted by atomic mass is 10.1. The molecule has 0 spiro atoms. The fraction of sp³-hybridized carbons (Fsp3) is 0.160. The van der Waals surface area contributed by atoms with Crippen molar-refractivity contribution in [2.75, 3.05) is 5.32 Å². The van der Waals surface area contributed by atoms with Crippen molar-refractivity contribution in [3.8, 4) is 17.2 Å². The van der Waals surface area contributed by atoms with Gasteiger partial charge in [-0.3, -0.25) is 4.79 Å². The van der Waals surface area contributed by atoms with Gasteiger partial charge in [0.2, 0.25) is 17.7 Å². The Hall–Kier alpha value is -4.00. The first-order valence-electron chi connectivity index (χ1n) is 10.2. The molecule has 0 aliphatic rings. The molecule has 1 heterocycles. The Bertz CT molecular complexity index is 1190. The molecular weight excluding hydrogens is 409 g/mol. The maximum absolute atomic E-state index is 13.0. The maximum atomic E-state index is 13.0. The van der Waals surface area contributed by atoms with Crippen LogP contribution in [0.25, 0.3) is 11.5 Å². The smallest absolute Gasteiger partial charge is 0.247 e. The molecule has 1 amide bonds. The highest BCUT2D eigenvalue weighted by molar-refractivity contribution is 5.90. The number of aromatic nitrogens is 2. The number of aryl methyl sites for hydroxylation is 2. The molecule has 0 aliphatic carbocycles. The third-order valence-electron chi connectivity index (χ3n) is 4.77. The van der Waals surface area contributed by atoms with E-state index in [1.807, 2.05) is 31.2 Å². The molecule has 4 aromatic rings. The van der Waals surface area contributed by atoms with E-state index in [2.05, 4.69) is 15.5 Å². The topological polar surface area (TPSA) is 77.2 Å². The minimum absolute atomic E-state index is 0.171. The second kappa shape index (κ2) is 9.87. The van der Waals surface area contributed by atoms with Gasteiger partial charge >= 0.3 is 0 Å². The number of halogens is 1. The highest BCUT2D eigenvalue weighted by Gasteiger charge is 2.11. The molecule has 32 heavy (non-hydrogen) atoms. The molecule has 0 atom stereocenters. The molecule has 0 unspecified atom stereocenters. The van der Waals surface area contributed by atoms with Crippen LogP contribution in [0.4, 0.5) is 10.1 Å². The lowest BCUT2D eigenvalue weighted by Gasteiger charge is -2.09. The monoisotopic (exact) mass is 431 g/mol. The summed E-state index contributed by atoms with van der Waals surface area (Å²) in [6, 6.07) is 21.0. The number of benzene rings is 3. The summed E-state index contributed by atoms with van der Waals surface area (Å²) in [7, 11) is 0. The maximum Gasteiger partial charge on any atom is 0.247 e. The summed E-state index contributed by atoms with van der Waals surface area (Å²) in [6.07, 6.45) is 0.543. The summed E-state index contributed by atoms with van der Waals surface area (Å²) in [5, 5.41) is 10.9. The predicted octanol–water partition coefficient (Wildman–Crippen LogP) is 5.33. The van der Waals surface area contributed by atoms with Gasteiger partial charge in [0.1, 0.15) is 18.2 Å². The van der Waals surface area contributed by atoms with Gasteiger partial charge in [0.25, 0.3) is 0 Å². The first kappa shape index (κ1) is 21.2. The summed E-state index contributed by atoms with van der Waals surface area (Å²) < 4.78 is 24.4. The zero-order valence-electron chi connectivity index (χ0n) is 17.5. The molecule has 1 N–H and O–H groups in total. The van der Waals surface area contributed by atoms with Crippen molar-refractivity contribution < 1.29 is 18.3 Å². The first-order chi connectivity index (χ1) is 15.5. The molecule has 0 saturated heterocycles. The molecular formula is C25H22FN3O3. The number of rotatable bonds is 8. The second-order valence-electron chi connectivity index (χ2n) is 7.36. The highest BCUT2D eigenvalue weighted by atomic mass is 19.1. The number of amides is 1. The minimum atomic E-state index is -0.287. The number of ether oxygens (including phenoxy) is 1. The van der Waals surface area contributed by atoms with Crippen LogP contribution >= 0.6 is 0 Å². The van der Waals surface area contributed by atoms with Crippen molar-refractivity contribution in [1.29, 1.82) is 0 Å². The van der Waals surface area contributed by atoms with Gasteiger partial charge in [0.05, 0.1) is 0 Å². The summed E-state index contributed by atoms with van der Waals surface area (Å²) in [4.78, 5) is 12.3. The van der Waals surface area contributed by atoms with E-state index in [1.165, 1.54) is 12.1 Å². The summed E-state index contributed by atoms with van der Waals surface area (Å²) in [5.74, 6) is 0.992. The minimum Gasteiger partial charge on any atom is -0.489 e. The number of nitrogens with zero attached hydrogens (tertiary/aromatic N) is 2. The Morgan fingerprint density at radius 3 is 2.59 bits per heavy atom. The zero-order valence-corrected chi connectivity index (χ0v) is 17.5. The lowest BCUT2D eigenvalue weighted by molar-refractivity contribution is -0.116. The highest BCUT2D eigenvalue weighted by Crippen LogP contribution is 2.20.